The molecule has 3 rings (SSSR count). The van der Waals surface area contributed by atoms with Crippen LogP contribution in [0.2, 0.25) is 0 Å². The third-order valence-corrected chi connectivity index (χ3v) is 7.23. The lowest BCUT2D eigenvalue weighted by Gasteiger charge is -2.20. The fourth-order valence-electron chi connectivity index (χ4n) is 3.77. The predicted octanol–water partition coefficient (Wildman–Crippen LogP) is 2.64. The standard InChI is InChI=1S/C20H30N4O3S/c1-4-24-18-10-9-16(28(26,27)22(2)3)15-17(18)21-19(24)11-12-20(25)23-13-7-5-6-8-14-23/h9-10,15H,4-8,11-14H2,1-3H3. The normalized spacial score (nSPS) is 15.9. The summed E-state index contributed by atoms with van der Waals surface area (Å²) in [5, 5.41) is 0. The van der Waals surface area contributed by atoms with Gasteiger partial charge in [0.15, 0.2) is 0 Å². The Morgan fingerprint density at radius 2 is 1.82 bits per heavy atom. The number of fused-ring (bicyclic) bond motifs is 1. The fourth-order valence-corrected chi connectivity index (χ4v) is 4.69. The van der Waals surface area contributed by atoms with Crippen molar-refractivity contribution in [2.75, 3.05) is 27.2 Å². The maximum absolute atomic E-state index is 12.6. The minimum atomic E-state index is -3.50. The van der Waals surface area contributed by atoms with E-state index in [0.29, 0.717) is 18.4 Å². The molecule has 1 amide bonds. The summed E-state index contributed by atoms with van der Waals surface area (Å²) in [6, 6.07) is 5.05. The number of benzene rings is 1. The monoisotopic (exact) mass is 406 g/mol. The van der Waals surface area contributed by atoms with E-state index in [9.17, 15) is 13.2 Å². The number of nitrogens with zero attached hydrogens (tertiary/aromatic N) is 4. The number of likely N-dealkylation sites (tertiary alicyclic amines) is 1. The highest BCUT2D eigenvalue weighted by atomic mass is 32.2. The zero-order valence-corrected chi connectivity index (χ0v) is 17.8. The van der Waals surface area contributed by atoms with Crippen molar-refractivity contribution in [3.63, 3.8) is 0 Å². The molecule has 2 aromatic rings. The van der Waals surface area contributed by atoms with Crippen molar-refractivity contribution in [1.82, 2.24) is 18.8 Å². The van der Waals surface area contributed by atoms with E-state index in [1.54, 1.807) is 12.1 Å². The smallest absolute Gasteiger partial charge is 0.242 e. The molecule has 1 aromatic heterocycles. The molecule has 0 aliphatic carbocycles. The van der Waals surface area contributed by atoms with Crippen LogP contribution in [0.5, 0.6) is 0 Å². The molecule has 154 valence electrons. The van der Waals surface area contributed by atoms with Gasteiger partial charge in [0, 0.05) is 46.6 Å². The first-order chi connectivity index (χ1) is 13.3. The Morgan fingerprint density at radius 3 is 2.43 bits per heavy atom. The number of aromatic nitrogens is 2. The summed E-state index contributed by atoms with van der Waals surface area (Å²) in [6.45, 7) is 4.47. The van der Waals surface area contributed by atoms with Crippen LogP contribution in [0.1, 0.15) is 44.9 Å². The van der Waals surface area contributed by atoms with Crippen molar-refractivity contribution in [1.29, 1.82) is 0 Å². The molecule has 0 bridgehead atoms. The number of sulfonamides is 1. The SMILES string of the molecule is CCn1c(CCC(=O)N2CCCCCC2)nc2cc(S(=O)(=O)N(C)C)ccc21. The van der Waals surface area contributed by atoms with Crippen LogP contribution < -0.4 is 0 Å². The molecular formula is C20H30N4O3S. The lowest BCUT2D eigenvalue weighted by molar-refractivity contribution is -0.131. The number of amides is 1. The number of rotatable bonds is 6. The van der Waals surface area contributed by atoms with Crippen LogP contribution in [-0.2, 0) is 27.8 Å². The highest BCUT2D eigenvalue weighted by molar-refractivity contribution is 7.89. The first-order valence-corrected chi connectivity index (χ1v) is 11.5. The highest BCUT2D eigenvalue weighted by Gasteiger charge is 2.20. The maximum Gasteiger partial charge on any atom is 0.242 e. The largest absolute Gasteiger partial charge is 0.343 e. The minimum absolute atomic E-state index is 0.187. The Balaban J connectivity index is 1.82. The minimum Gasteiger partial charge on any atom is -0.343 e. The van der Waals surface area contributed by atoms with E-state index in [4.69, 9.17) is 0 Å². The predicted molar refractivity (Wildman–Crippen MR) is 110 cm³/mol. The molecule has 1 fully saturated rings. The highest BCUT2D eigenvalue weighted by Crippen LogP contribution is 2.23. The first-order valence-electron chi connectivity index (χ1n) is 10.0. The number of imidazole rings is 1. The van der Waals surface area contributed by atoms with E-state index in [1.807, 2.05) is 17.9 Å². The van der Waals surface area contributed by atoms with Crippen LogP contribution in [0.25, 0.3) is 11.0 Å². The third-order valence-electron chi connectivity index (χ3n) is 5.41. The molecule has 1 aliphatic rings. The zero-order chi connectivity index (χ0) is 20.3. The molecule has 0 spiro atoms. The van der Waals surface area contributed by atoms with E-state index in [0.717, 1.165) is 43.8 Å². The van der Waals surface area contributed by atoms with Gasteiger partial charge in [0.05, 0.1) is 15.9 Å². The topological polar surface area (TPSA) is 75.5 Å². The summed E-state index contributed by atoms with van der Waals surface area (Å²) in [4.78, 5) is 19.5. The van der Waals surface area contributed by atoms with E-state index in [1.165, 1.54) is 31.2 Å². The molecule has 8 heteroatoms. The summed E-state index contributed by atoms with van der Waals surface area (Å²) in [6.07, 6.45) is 5.58. The van der Waals surface area contributed by atoms with Gasteiger partial charge in [0.25, 0.3) is 0 Å². The average Bonchev–Trinajstić information content (AvgIpc) is 2.82. The maximum atomic E-state index is 12.6. The van der Waals surface area contributed by atoms with Gasteiger partial charge in [-0.15, -0.1) is 0 Å². The first kappa shape index (κ1) is 20.8. The molecular weight excluding hydrogens is 376 g/mol. The van der Waals surface area contributed by atoms with Crippen LogP contribution in [0.4, 0.5) is 0 Å². The lowest BCUT2D eigenvalue weighted by Crippen LogP contribution is -2.32. The summed E-state index contributed by atoms with van der Waals surface area (Å²) < 4.78 is 28.1. The molecule has 1 aromatic carbocycles. The van der Waals surface area contributed by atoms with E-state index < -0.39 is 10.0 Å². The average molecular weight is 407 g/mol. The van der Waals surface area contributed by atoms with Crippen molar-refractivity contribution in [3.8, 4) is 0 Å². The summed E-state index contributed by atoms with van der Waals surface area (Å²) in [5.41, 5.74) is 1.56. The van der Waals surface area contributed by atoms with Gasteiger partial charge in [-0.3, -0.25) is 4.79 Å². The molecule has 0 saturated carbocycles. The quantitative estimate of drug-likeness (QED) is 0.739. The Morgan fingerprint density at radius 1 is 1.14 bits per heavy atom. The van der Waals surface area contributed by atoms with E-state index >= 15 is 0 Å². The number of carbonyl (C=O) groups excluding carboxylic acids is 1. The van der Waals surface area contributed by atoms with Gasteiger partial charge in [0.1, 0.15) is 5.82 Å². The van der Waals surface area contributed by atoms with Gasteiger partial charge in [0.2, 0.25) is 15.9 Å². The second-order valence-electron chi connectivity index (χ2n) is 7.51. The molecule has 0 N–H and O–H groups in total. The van der Waals surface area contributed by atoms with Crippen molar-refractivity contribution >= 4 is 27.0 Å². The van der Waals surface area contributed by atoms with Gasteiger partial charge in [-0.2, -0.15) is 0 Å². The third kappa shape index (κ3) is 4.22. The fraction of sp³-hybridized carbons (Fsp3) is 0.600. The molecule has 1 aliphatic heterocycles. The molecule has 7 nitrogen and oxygen atoms in total. The van der Waals surface area contributed by atoms with E-state index in [2.05, 4.69) is 9.55 Å². The van der Waals surface area contributed by atoms with Crippen molar-refractivity contribution in [2.24, 2.45) is 0 Å². The molecule has 0 radical (unpaired) electrons. The van der Waals surface area contributed by atoms with Crippen LogP contribution >= 0.6 is 0 Å². The number of hydrogen-bond acceptors (Lipinski definition) is 4. The van der Waals surface area contributed by atoms with Crippen LogP contribution in [-0.4, -0.2) is 60.3 Å². The zero-order valence-electron chi connectivity index (χ0n) is 17.0. The lowest BCUT2D eigenvalue weighted by atomic mass is 10.2. The second-order valence-corrected chi connectivity index (χ2v) is 9.66. The van der Waals surface area contributed by atoms with Crippen molar-refractivity contribution < 1.29 is 13.2 Å². The molecule has 28 heavy (non-hydrogen) atoms. The van der Waals surface area contributed by atoms with Crippen molar-refractivity contribution in [2.45, 2.75) is 56.9 Å². The Hall–Kier alpha value is -1.93. The van der Waals surface area contributed by atoms with Gasteiger partial charge in [-0.25, -0.2) is 17.7 Å². The molecule has 0 unspecified atom stereocenters. The Bertz CT molecular complexity index is 942. The van der Waals surface area contributed by atoms with Gasteiger partial charge in [-0.1, -0.05) is 12.8 Å². The van der Waals surface area contributed by atoms with Gasteiger partial charge >= 0.3 is 0 Å². The number of hydrogen-bond donors (Lipinski definition) is 0. The molecule has 2 heterocycles. The number of aryl methyl sites for hydroxylation is 2. The summed E-state index contributed by atoms with van der Waals surface area (Å²) in [7, 11) is -0.463. The van der Waals surface area contributed by atoms with Crippen molar-refractivity contribution in [3.05, 3.63) is 24.0 Å². The van der Waals surface area contributed by atoms with E-state index in [-0.39, 0.29) is 10.8 Å². The number of carbonyl (C=O) groups is 1. The Kier molecular flexibility index (Phi) is 6.40. The van der Waals surface area contributed by atoms with Crippen LogP contribution in [0.15, 0.2) is 23.1 Å². The van der Waals surface area contributed by atoms with Crippen LogP contribution in [0.3, 0.4) is 0 Å². The van der Waals surface area contributed by atoms with Gasteiger partial charge < -0.3 is 9.47 Å². The molecule has 1 saturated heterocycles. The van der Waals surface area contributed by atoms with Gasteiger partial charge in [-0.05, 0) is 38.0 Å². The summed E-state index contributed by atoms with van der Waals surface area (Å²) >= 11 is 0. The Labute approximate surface area is 167 Å². The second kappa shape index (κ2) is 8.61. The molecule has 0 atom stereocenters. The van der Waals surface area contributed by atoms with Crippen LogP contribution in [0, 0.1) is 0 Å². The summed E-state index contributed by atoms with van der Waals surface area (Å²) in [5.74, 6) is 1.02.